The third-order valence-electron chi connectivity index (χ3n) is 7.66. The largest absolute Gasteiger partial charge is 0.480 e. The van der Waals surface area contributed by atoms with Crippen molar-refractivity contribution in [3.05, 3.63) is 72.6 Å². The van der Waals surface area contributed by atoms with E-state index in [1.807, 2.05) is 55.1 Å². The number of sulfonamides is 1. The fraction of sp³-hybridized carbons (Fsp3) is 0.310. The number of nitrogens with zero attached hydrogens (tertiary/aromatic N) is 6. The van der Waals surface area contributed by atoms with Gasteiger partial charge in [0.15, 0.2) is 5.82 Å². The molecule has 6 rings (SSSR count). The number of para-hydroxylation sites is 1. The molecule has 2 aromatic carbocycles. The van der Waals surface area contributed by atoms with E-state index in [1.54, 1.807) is 30.6 Å². The normalized spacial score (nSPS) is 17.0. The molecular weight excluding hydrogens is 542 g/mol. The average Bonchev–Trinajstić information content (AvgIpc) is 3.24. The molecule has 0 unspecified atom stereocenters. The molecule has 0 aliphatic carbocycles. The Balaban J connectivity index is 1.23. The fourth-order valence-corrected chi connectivity index (χ4v) is 7.22. The van der Waals surface area contributed by atoms with Crippen molar-refractivity contribution in [3.8, 4) is 0 Å². The summed E-state index contributed by atoms with van der Waals surface area (Å²) in [4.78, 5) is 28.8. The second kappa shape index (κ2) is 10.3. The van der Waals surface area contributed by atoms with Gasteiger partial charge in [-0.2, -0.15) is 4.98 Å². The topological polar surface area (TPSA) is 132 Å². The van der Waals surface area contributed by atoms with Crippen LogP contribution in [0.5, 0.6) is 0 Å². The van der Waals surface area contributed by atoms with E-state index in [4.69, 9.17) is 5.11 Å². The molecule has 0 radical (unpaired) electrons. The highest BCUT2D eigenvalue weighted by Crippen LogP contribution is 2.42. The minimum absolute atomic E-state index is 0.0617. The van der Waals surface area contributed by atoms with Crippen LogP contribution in [-0.2, 0) is 20.2 Å². The molecule has 0 spiro atoms. The number of carboxylic acid groups (broad SMARTS) is 1. The third-order valence-corrected chi connectivity index (χ3v) is 9.42. The minimum atomic E-state index is -3.96. The summed E-state index contributed by atoms with van der Waals surface area (Å²) < 4.78 is 29.4. The lowest BCUT2D eigenvalue weighted by Crippen LogP contribution is -2.47. The number of rotatable bonds is 7. The number of fused-ring (bicyclic) bond motifs is 2. The van der Waals surface area contributed by atoms with Gasteiger partial charge in [-0.25, -0.2) is 17.7 Å². The van der Waals surface area contributed by atoms with Crippen molar-refractivity contribution in [1.29, 1.82) is 0 Å². The molecule has 1 fully saturated rings. The summed E-state index contributed by atoms with van der Waals surface area (Å²) >= 11 is 0. The first-order valence-corrected chi connectivity index (χ1v) is 14.9. The number of aliphatic carboxylic acids is 1. The number of carboxylic acids is 1. The van der Waals surface area contributed by atoms with Crippen LogP contribution in [0.25, 0.3) is 10.9 Å². The highest BCUT2D eigenvalue weighted by atomic mass is 32.2. The molecule has 4 aromatic rings. The molecule has 4 heterocycles. The number of piperazine rings is 1. The lowest BCUT2D eigenvalue weighted by molar-refractivity contribution is -0.138. The van der Waals surface area contributed by atoms with E-state index in [0.717, 1.165) is 35.4 Å². The lowest BCUT2D eigenvalue weighted by Gasteiger charge is -2.35. The van der Waals surface area contributed by atoms with Crippen LogP contribution >= 0.6 is 0 Å². The Morgan fingerprint density at radius 1 is 1.00 bits per heavy atom. The van der Waals surface area contributed by atoms with E-state index in [2.05, 4.69) is 25.2 Å². The van der Waals surface area contributed by atoms with E-state index in [1.165, 1.54) is 4.31 Å². The summed E-state index contributed by atoms with van der Waals surface area (Å²) in [6.07, 6.45) is 3.30. The molecule has 2 aliphatic heterocycles. The van der Waals surface area contributed by atoms with Crippen LogP contribution in [0.2, 0.25) is 0 Å². The number of anilines is 4. The summed E-state index contributed by atoms with van der Waals surface area (Å²) in [5.41, 5.74) is 2.52. The molecule has 2 N–H and O–H groups in total. The van der Waals surface area contributed by atoms with E-state index in [9.17, 15) is 13.2 Å². The Labute approximate surface area is 238 Å². The summed E-state index contributed by atoms with van der Waals surface area (Å²) in [7, 11) is -3.96. The van der Waals surface area contributed by atoms with Gasteiger partial charge in [0, 0.05) is 72.9 Å². The second-order valence-corrected chi connectivity index (χ2v) is 12.8. The number of hydrogen-bond acceptors (Lipinski definition) is 9. The lowest BCUT2D eigenvalue weighted by atomic mass is 9.89. The first-order valence-electron chi connectivity index (χ1n) is 13.4. The first-order chi connectivity index (χ1) is 19.6. The van der Waals surface area contributed by atoms with Gasteiger partial charge in [0.1, 0.15) is 4.90 Å². The molecule has 41 heavy (non-hydrogen) atoms. The van der Waals surface area contributed by atoms with Crippen LogP contribution in [-0.4, -0.2) is 78.6 Å². The molecule has 0 amide bonds. The SMILES string of the molecule is CC1(C)CN(S(=O)(=O)c2cccc3cccnc23)c2nc(Nc3ccc(N4CCN(CC(=O)O)CC4)cc3)ncc21. The van der Waals surface area contributed by atoms with Gasteiger partial charge in [0.2, 0.25) is 5.95 Å². The Hall–Kier alpha value is -4.29. The predicted molar refractivity (Wildman–Crippen MR) is 157 cm³/mol. The number of benzene rings is 2. The van der Waals surface area contributed by atoms with Gasteiger partial charge in [-0.3, -0.25) is 14.7 Å². The molecule has 0 bridgehead atoms. The Morgan fingerprint density at radius 3 is 2.46 bits per heavy atom. The maximum atomic E-state index is 14.0. The number of carbonyl (C=O) groups is 1. The van der Waals surface area contributed by atoms with Crippen molar-refractivity contribution in [1.82, 2.24) is 19.9 Å². The molecule has 0 atom stereocenters. The zero-order chi connectivity index (χ0) is 28.8. The second-order valence-electron chi connectivity index (χ2n) is 11.0. The molecular formula is C29H31N7O4S. The van der Waals surface area contributed by atoms with E-state index in [-0.39, 0.29) is 18.0 Å². The van der Waals surface area contributed by atoms with Gasteiger partial charge >= 0.3 is 5.97 Å². The molecule has 12 heteroatoms. The Kier molecular flexibility index (Phi) is 6.74. The predicted octanol–water partition coefficient (Wildman–Crippen LogP) is 3.46. The van der Waals surface area contributed by atoms with Crippen molar-refractivity contribution in [2.45, 2.75) is 24.2 Å². The summed E-state index contributed by atoms with van der Waals surface area (Å²) in [5.74, 6) is -0.151. The molecule has 11 nitrogen and oxygen atoms in total. The number of pyridine rings is 1. The molecule has 0 saturated carbocycles. The van der Waals surface area contributed by atoms with Crippen LogP contribution in [0.1, 0.15) is 19.4 Å². The quantitative estimate of drug-likeness (QED) is 0.339. The highest BCUT2D eigenvalue weighted by Gasteiger charge is 2.43. The van der Waals surface area contributed by atoms with Gasteiger partial charge in [0.05, 0.1) is 12.1 Å². The van der Waals surface area contributed by atoms with Crippen LogP contribution in [0.3, 0.4) is 0 Å². The number of nitrogens with one attached hydrogen (secondary N) is 1. The number of aromatic nitrogens is 3. The van der Waals surface area contributed by atoms with Crippen molar-refractivity contribution in [2.75, 3.05) is 53.8 Å². The molecule has 2 aromatic heterocycles. The van der Waals surface area contributed by atoms with Gasteiger partial charge < -0.3 is 15.3 Å². The summed E-state index contributed by atoms with van der Waals surface area (Å²) in [6, 6.07) is 16.6. The Morgan fingerprint density at radius 2 is 1.73 bits per heavy atom. The van der Waals surface area contributed by atoms with Crippen molar-refractivity contribution >= 4 is 50.0 Å². The monoisotopic (exact) mass is 573 g/mol. The highest BCUT2D eigenvalue weighted by molar-refractivity contribution is 7.93. The van der Waals surface area contributed by atoms with Crippen LogP contribution < -0.4 is 14.5 Å². The summed E-state index contributed by atoms with van der Waals surface area (Å²) in [5, 5.41) is 13.0. The van der Waals surface area contributed by atoms with Crippen molar-refractivity contribution < 1.29 is 18.3 Å². The molecule has 1 saturated heterocycles. The smallest absolute Gasteiger partial charge is 0.317 e. The minimum Gasteiger partial charge on any atom is -0.480 e. The summed E-state index contributed by atoms with van der Waals surface area (Å²) in [6.45, 7) is 7.16. The van der Waals surface area contributed by atoms with Gasteiger partial charge in [-0.05, 0) is 36.4 Å². The van der Waals surface area contributed by atoms with Crippen molar-refractivity contribution in [3.63, 3.8) is 0 Å². The third kappa shape index (κ3) is 5.16. The standard InChI is InChI=1S/C29H31N7O4S/c1-29(2)19-36(41(39,40)24-7-3-5-20-6-4-12-30-26(20)24)27-23(29)17-31-28(33-27)32-21-8-10-22(11-9-21)35-15-13-34(14-16-35)18-25(37)38/h3-12,17H,13-16,18-19H2,1-2H3,(H,37,38)(H,31,32,33). The molecule has 2 aliphatic rings. The zero-order valence-electron chi connectivity index (χ0n) is 22.9. The van der Waals surface area contributed by atoms with Gasteiger partial charge in [0.25, 0.3) is 10.0 Å². The fourth-order valence-electron chi connectivity index (χ4n) is 5.46. The zero-order valence-corrected chi connectivity index (χ0v) is 23.7. The van der Waals surface area contributed by atoms with Crippen LogP contribution in [0, 0.1) is 0 Å². The maximum absolute atomic E-state index is 14.0. The van der Waals surface area contributed by atoms with E-state index in [0.29, 0.717) is 30.4 Å². The van der Waals surface area contributed by atoms with Crippen molar-refractivity contribution in [2.24, 2.45) is 0 Å². The first kappa shape index (κ1) is 26.9. The number of hydrogen-bond donors (Lipinski definition) is 2. The maximum Gasteiger partial charge on any atom is 0.317 e. The van der Waals surface area contributed by atoms with Gasteiger partial charge in [-0.15, -0.1) is 0 Å². The van der Waals surface area contributed by atoms with E-state index >= 15 is 0 Å². The van der Waals surface area contributed by atoms with Gasteiger partial charge in [-0.1, -0.05) is 32.0 Å². The van der Waals surface area contributed by atoms with Crippen LogP contribution in [0.15, 0.2) is 71.9 Å². The van der Waals surface area contributed by atoms with Crippen LogP contribution in [0.4, 0.5) is 23.1 Å². The Bertz CT molecular complexity index is 1710. The average molecular weight is 574 g/mol. The van der Waals surface area contributed by atoms with E-state index < -0.39 is 21.4 Å². The molecule has 212 valence electrons.